The van der Waals surface area contributed by atoms with Crippen molar-refractivity contribution in [2.24, 2.45) is 5.92 Å². The highest BCUT2D eigenvalue weighted by molar-refractivity contribution is 7.09. The molecule has 2 rings (SSSR count). The molecule has 0 aliphatic carbocycles. The first kappa shape index (κ1) is 13.0. The molecule has 17 heavy (non-hydrogen) atoms. The minimum absolute atomic E-state index is 0.0933. The average molecular weight is 254 g/mol. The largest absolute Gasteiger partial charge is 0.394 e. The summed E-state index contributed by atoms with van der Waals surface area (Å²) in [5, 5.41) is 18.9. The van der Waals surface area contributed by atoms with Gasteiger partial charge in [-0.25, -0.2) is 0 Å². The molecule has 4 heteroatoms. The van der Waals surface area contributed by atoms with Gasteiger partial charge in [0.15, 0.2) is 0 Å². The fourth-order valence-corrected chi connectivity index (χ4v) is 3.34. The quantitative estimate of drug-likeness (QED) is 0.747. The molecule has 3 N–H and O–H groups in total. The molecule has 2 heterocycles. The Balaban J connectivity index is 2.01. The highest BCUT2D eigenvalue weighted by Gasteiger charge is 2.38. The third-order valence-electron chi connectivity index (χ3n) is 3.89. The van der Waals surface area contributed by atoms with E-state index in [4.69, 9.17) is 0 Å². The molecule has 1 aliphatic rings. The minimum atomic E-state index is -0.0933. The van der Waals surface area contributed by atoms with Crippen LogP contribution >= 0.6 is 11.3 Å². The molecule has 2 atom stereocenters. The molecule has 1 aromatic rings. The van der Waals surface area contributed by atoms with E-state index >= 15 is 0 Å². The maximum atomic E-state index is 9.78. The zero-order valence-corrected chi connectivity index (χ0v) is 11.2. The molecule has 1 fully saturated rings. The molecule has 1 aliphatic heterocycles. The molecular weight excluding hydrogens is 232 g/mol. The van der Waals surface area contributed by atoms with Gasteiger partial charge in [-0.05, 0) is 36.9 Å². The van der Waals surface area contributed by atoms with Crippen molar-refractivity contribution in [1.82, 2.24) is 10.6 Å². The topological polar surface area (TPSA) is 44.3 Å². The second kappa shape index (κ2) is 5.96. The van der Waals surface area contributed by atoms with Gasteiger partial charge in [-0.3, -0.25) is 0 Å². The molecule has 1 aromatic heterocycles. The summed E-state index contributed by atoms with van der Waals surface area (Å²) >= 11 is 1.77. The summed E-state index contributed by atoms with van der Waals surface area (Å²) in [5.41, 5.74) is -0.0933. The van der Waals surface area contributed by atoms with Crippen molar-refractivity contribution in [2.75, 3.05) is 19.7 Å². The number of aliphatic hydroxyl groups excluding tert-OH is 1. The SMILES string of the molecule is CCC1CNCCC1(CO)NCc1cccs1. The van der Waals surface area contributed by atoms with Crippen molar-refractivity contribution in [3.63, 3.8) is 0 Å². The van der Waals surface area contributed by atoms with Crippen LogP contribution in [0.15, 0.2) is 17.5 Å². The molecule has 0 bridgehead atoms. The Morgan fingerprint density at radius 2 is 2.53 bits per heavy atom. The van der Waals surface area contributed by atoms with Crippen molar-refractivity contribution in [3.8, 4) is 0 Å². The van der Waals surface area contributed by atoms with Crippen LogP contribution in [-0.2, 0) is 6.54 Å². The van der Waals surface area contributed by atoms with Gasteiger partial charge in [0.25, 0.3) is 0 Å². The van der Waals surface area contributed by atoms with Gasteiger partial charge in [0.2, 0.25) is 0 Å². The van der Waals surface area contributed by atoms with Crippen molar-refractivity contribution in [3.05, 3.63) is 22.4 Å². The number of hydrogen-bond donors (Lipinski definition) is 3. The van der Waals surface area contributed by atoms with Gasteiger partial charge >= 0.3 is 0 Å². The summed E-state index contributed by atoms with van der Waals surface area (Å²) in [6.45, 7) is 5.31. The van der Waals surface area contributed by atoms with Gasteiger partial charge in [-0.15, -0.1) is 11.3 Å². The first-order valence-corrected chi connectivity index (χ1v) is 7.27. The second-order valence-corrected chi connectivity index (χ2v) is 5.84. The number of nitrogens with one attached hydrogen (secondary N) is 2. The molecule has 0 amide bonds. The van der Waals surface area contributed by atoms with E-state index < -0.39 is 0 Å². The van der Waals surface area contributed by atoms with E-state index in [0.717, 1.165) is 32.5 Å². The maximum Gasteiger partial charge on any atom is 0.0617 e. The van der Waals surface area contributed by atoms with Crippen LogP contribution in [0, 0.1) is 5.92 Å². The molecule has 3 nitrogen and oxygen atoms in total. The standard InChI is InChI=1S/C13H22N2OS/c1-2-11-8-14-6-5-13(11,10-16)15-9-12-4-3-7-17-12/h3-4,7,11,14-16H,2,5-6,8-10H2,1H3. The van der Waals surface area contributed by atoms with E-state index in [-0.39, 0.29) is 12.1 Å². The Bertz CT molecular complexity index is 328. The number of hydrogen-bond acceptors (Lipinski definition) is 4. The number of piperidine rings is 1. The first-order valence-electron chi connectivity index (χ1n) is 6.39. The van der Waals surface area contributed by atoms with Gasteiger partial charge < -0.3 is 15.7 Å². The fourth-order valence-electron chi connectivity index (χ4n) is 2.70. The number of rotatable bonds is 5. The van der Waals surface area contributed by atoms with Crippen LogP contribution < -0.4 is 10.6 Å². The van der Waals surface area contributed by atoms with Crippen LogP contribution in [0.2, 0.25) is 0 Å². The predicted molar refractivity (Wildman–Crippen MR) is 72.2 cm³/mol. The van der Waals surface area contributed by atoms with E-state index in [1.807, 2.05) is 0 Å². The molecule has 1 saturated heterocycles. The fraction of sp³-hybridized carbons (Fsp3) is 0.692. The molecule has 0 spiro atoms. The molecule has 0 radical (unpaired) electrons. The lowest BCUT2D eigenvalue weighted by Crippen LogP contribution is -2.60. The highest BCUT2D eigenvalue weighted by Crippen LogP contribution is 2.27. The van der Waals surface area contributed by atoms with Crippen molar-refractivity contribution < 1.29 is 5.11 Å². The summed E-state index contributed by atoms with van der Waals surface area (Å²) in [4.78, 5) is 1.34. The molecule has 0 saturated carbocycles. The summed E-state index contributed by atoms with van der Waals surface area (Å²) in [6.07, 6.45) is 2.11. The van der Waals surface area contributed by atoms with Crippen molar-refractivity contribution >= 4 is 11.3 Å². The lowest BCUT2D eigenvalue weighted by atomic mass is 9.77. The maximum absolute atomic E-state index is 9.78. The van der Waals surface area contributed by atoms with E-state index in [0.29, 0.717) is 5.92 Å². The van der Waals surface area contributed by atoms with Crippen molar-refractivity contribution in [1.29, 1.82) is 0 Å². The van der Waals surface area contributed by atoms with E-state index in [1.54, 1.807) is 11.3 Å². The number of aliphatic hydroxyl groups is 1. The second-order valence-electron chi connectivity index (χ2n) is 4.81. The zero-order chi connectivity index (χ0) is 12.1. The Morgan fingerprint density at radius 3 is 3.18 bits per heavy atom. The van der Waals surface area contributed by atoms with Gasteiger partial charge in [-0.2, -0.15) is 0 Å². The third kappa shape index (κ3) is 2.88. The smallest absolute Gasteiger partial charge is 0.0617 e. The molecule has 2 unspecified atom stereocenters. The summed E-state index contributed by atoms with van der Waals surface area (Å²) < 4.78 is 0. The normalized spacial score (nSPS) is 29.4. The Morgan fingerprint density at radius 1 is 1.65 bits per heavy atom. The van der Waals surface area contributed by atoms with E-state index in [9.17, 15) is 5.11 Å². The van der Waals surface area contributed by atoms with Crippen LogP contribution in [0.1, 0.15) is 24.6 Å². The monoisotopic (exact) mass is 254 g/mol. The van der Waals surface area contributed by atoms with E-state index in [1.165, 1.54) is 4.88 Å². The summed E-state index contributed by atoms with van der Waals surface area (Å²) in [6, 6.07) is 4.22. The zero-order valence-electron chi connectivity index (χ0n) is 10.4. The number of thiophene rings is 1. The van der Waals surface area contributed by atoms with Gasteiger partial charge in [-0.1, -0.05) is 19.4 Å². The van der Waals surface area contributed by atoms with Crippen LogP contribution in [0.3, 0.4) is 0 Å². The predicted octanol–water partition coefficient (Wildman–Crippen LogP) is 1.59. The summed E-state index contributed by atoms with van der Waals surface area (Å²) in [5.74, 6) is 0.515. The molecule has 0 aromatic carbocycles. The van der Waals surface area contributed by atoms with Gasteiger partial charge in [0.1, 0.15) is 0 Å². The Kier molecular flexibility index (Phi) is 4.56. The van der Waals surface area contributed by atoms with Crippen LogP contribution in [0.5, 0.6) is 0 Å². The Labute approximate surface area is 107 Å². The van der Waals surface area contributed by atoms with Gasteiger partial charge in [0.05, 0.1) is 6.61 Å². The molecular formula is C13H22N2OS. The lowest BCUT2D eigenvalue weighted by molar-refractivity contribution is 0.0712. The first-order chi connectivity index (χ1) is 8.30. The van der Waals surface area contributed by atoms with Crippen LogP contribution in [0.25, 0.3) is 0 Å². The third-order valence-corrected chi connectivity index (χ3v) is 4.77. The van der Waals surface area contributed by atoms with E-state index in [2.05, 4.69) is 35.1 Å². The van der Waals surface area contributed by atoms with Gasteiger partial charge in [0, 0.05) is 17.0 Å². The summed E-state index contributed by atoms with van der Waals surface area (Å²) in [7, 11) is 0. The minimum Gasteiger partial charge on any atom is -0.394 e. The highest BCUT2D eigenvalue weighted by atomic mass is 32.1. The van der Waals surface area contributed by atoms with Crippen molar-refractivity contribution in [2.45, 2.75) is 31.8 Å². The molecule has 96 valence electrons. The Hall–Kier alpha value is -0.420. The van der Waals surface area contributed by atoms with Crippen LogP contribution in [-0.4, -0.2) is 30.3 Å². The average Bonchev–Trinajstić information content (AvgIpc) is 2.89. The van der Waals surface area contributed by atoms with Crippen LogP contribution in [0.4, 0.5) is 0 Å². The lowest BCUT2D eigenvalue weighted by Gasteiger charge is -2.44.